The van der Waals surface area contributed by atoms with Crippen LogP contribution >= 0.6 is 22.7 Å². The number of carbonyl (C=O) groups is 2. The van der Waals surface area contributed by atoms with Gasteiger partial charge in [0.05, 0.1) is 24.8 Å². The number of aromatic nitrogens is 5. The lowest BCUT2D eigenvalue weighted by atomic mass is 9.82. The highest BCUT2D eigenvalue weighted by molar-refractivity contribution is 7.15. The monoisotopic (exact) mass is 527 g/mol. The number of aryl methyl sites for hydroxylation is 2. The van der Waals surface area contributed by atoms with Gasteiger partial charge in [0.15, 0.2) is 0 Å². The zero-order valence-corrected chi connectivity index (χ0v) is 21.4. The van der Waals surface area contributed by atoms with Crippen molar-refractivity contribution >= 4 is 44.8 Å². The van der Waals surface area contributed by atoms with E-state index in [1.165, 1.54) is 22.7 Å². The fourth-order valence-corrected chi connectivity index (χ4v) is 6.08. The summed E-state index contributed by atoms with van der Waals surface area (Å²) >= 11 is 2.81. The Bertz CT molecular complexity index is 1260. The maximum atomic E-state index is 12.3. The van der Waals surface area contributed by atoms with Gasteiger partial charge in [-0.05, 0) is 44.7 Å². The lowest BCUT2D eigenvalue weighted by molar-refractivity contribution is -0.116. The first-order chi connectivity index (χ1) is 17.4. The van der Waals surface area contributed by atoms with Gasteiger partial charge in [-0.3, -0.25) is 9.59 Å². The van der Waals surface area contributed by atoms with E-state index in [0.717, 1.165) is 47.0 Å². The van der Waals surface area contributed by atoms with E-state index in [1.54, 1.807) is 19.3 Å². The van der Waals surface area contributed by atoms with Crippen LogP contribution in [0.15, 0.2) is 27.3 Å². The van der Waals surface area contributed by atoms with Crippen LogP contribution in [0.1, 0.15) is 70.3 Å². The van der Waals surface area contributed by atoms with Crippen LogP contribution in [0.5, 0.6) is 0 Å². The first-order valence-electron chi connectivity index (χ1n) is 11.6. The fraction of sp³-hybridized carbons (Fsp3) is 0.435. The molecule has 4 aromatic heterocycles. The number of nitrogens with one attached hydrogen (secondary N) is 2. The highest BCUT2D eigenvalue weighted by Crippen LogP contribution is 2.43. The number of rotatable bonds is 8. The van der Waals surface area contributed by atoms with Crippen molar-refractivity contribution in [2.45, 2.75) is 64.2 Å². The van der Waals surface area contributed by atoms with Crippen molar-refractivity contribution in [3.63, 3.8) is 0 Å². The molecular formula is C23H25N7O4S2. The molecule has 0 spiro atoms. The highest BCUT2D eigenvalue weighted by Gasteiger charge is 2.29. The molecule has 36 heavy (non-hydrogen) atoms. The van der Waals surface area contributed by atoms with Gasteiger partial charge in [-0.2, -0.15) is 0 Å². The maximum Gasteiger partial charge on any atom is 0.233 e. The van der Waals surface area contributed by atoms with Gasteiger partial charge in [0.1, 0.15) is 21.5 Å². The molecule has 188 valence electrons. The number of carbonyl (C=O) groups excluding carboxylic acids is 2. The Labute approximate surface area is 214 Å². The minimum atomic E-state index is -0.221. The summed E-state index contributed by atoms with van der Waals surface area (Å²) < 4.78 is 10.4. The van der Waals surface area contributed by atoms with E-state index in [2.05, 4.69) is 36.2 Å². The van der Waals surface area contributed by atoms with Crippen LogP contribution in [0.2, 0.25) is 0 Å². The third kappa shape index (κ3) is 6.02. The first kappa shape index (κ1) is 24.3. The molecule has 1 fully saturated rings. The third-order valence-corrected chi connectivity index (χ3v) is 7.88. The lowest BCUT2D eigenvalue weighted by Gasteiger charge is -2.25. The quantitative estimate of drug-likeness (QED) is 0.340. The van der Waals surface area contributed by atoms with Crippen LogP contribution in [-0.2, 0) is 22.4 Å². The van der Waals surface area contributed by atoms with Crippen molar-refractivity contribution in [2.24, 2.45) is 0 Å². The number of hydrogen-bond donors (Lipinski definition) is 2. The Morgan fingerprint density at radius 1 is 0.917 bits per heavy atom. The molecule has 0 bridgehead atoms. The summed E-state index contributed by atoms with van der Waals surface area (Å²) in [4.78, 5) is 24.6. The van der Waals surface area contributed by atoms with Gasteiger partial charge in [0.25, 0.3) is 0 Å². The molecule has 13 heteroatoms. The molecule has 2 atom stereocenters. The number of hydrogen-bond acceptors (Lipinski definition) is 11. The van der Waals surface area contributed by atoms with E-state index >= 15 is 0 Å². The molecule has 11 nitrogen and oxygen atoms in total. The van der Waals surface area contributed by atoms with Crippen LogP contribution in [-0.4, -0.2) is 37.4 Å². The number of anilines is 2. The molecule has 4 aromatic rings. The molecule has 0 unspecified atom stereocenters. The van der Waals surface area contributed by atoms with Gasteiger partial charge in [-0.15, -0.1) is 20.4 Å². The minimum absolute atomic E-state index is 0.0956. The fourth-order valence-electron chi connectivity index (χ4n) is 4.26. The van der Waals surface area contributed by atoms with Gasteiger partial charge in [-0.1, -0.05) is 34.3 Å². The van der Waals surface area contributed by atoms with Crippen molar-refractivity contribution < 1.29 is 18.5 Å². The second-order valence-corrected chi connectivity index (χ2v) is 10.9. The van der Waals surface area contributed by atoms with Crippen molar-refractivity contribution in [2.75, 3.05) is 10.6 Å². The van der Waals surface area contributed by atoms with E-state index in [-0.39, 0.29) is 36.5 Å². The Morgan fingerprint density at radius 3 is 2.06 bits per heavy atom. The number of nitrogens with zero attached hydrogens (tertiary/aromatic N) is 5. The van der Waals surface area contributed by atoms with Crippen LogP contribution in [0.3, 0.4) is 0 Å². The molecule has 1 saturated carbocycles. The topological polar surface area (TPSA) is 149 Å². The Balaban J connectivity index is 1.15. The maximum absolute atomic E-state index is 12.3. The number of amides is 2. The van der Waals surface area contributed by atoms with Crippen LogP contribution in [0, 0.1) is 13.8 Å². The Kier molecular flexibility index (Phi) is 7.18. The molecule has 5 rings (SSSR count). The van der Waals surface area contributed by atoms with Crippen molar-refractivity contribution in [3.8, 4) is 0 Å². The van der Waals surface area contributed by atoms with Gasteiger partial charge in [0.2, 0.25) is 22.1 Å². The van der Waals surface area contributed by atoms with E-state index in [4.69, 9.17) is 8.94 Å². The van der Waals surface area contributed by atoms with Crippen molar-refractivity contribution in [1.29, 1.82) is 0 Å². The SMILES string of the molecule is Cc1coc(CC(=O)Nc2nnc([C@H]3CCC[C@H](c4nnc(NC(=O)Cc5cc(C)no5)s4)C3)s2)c1. The summed E-state index contributed by atoms with van der Waals surface area (Å²) in [6.07, 6.45) is 5.78. The average molecular weight is 528 g/mol. The zero-order chi connectivity index (χ0) is 25.1. The number of furan rings is 1. The molecule has 1 aliphatic carbocycles. The second kappa shape index (κ2) is 10.7. The van der Waals surface area contributed by atoms with Crippen LogP contribution in [0.4, 0.5) is 10.3 Å². The lowest BCUT2D eigenvalue weighted by Crippen LogP contribution is -2.13. The van der Waals surface area contributed by atoms with E-state index < -0.39 is 0 Å². The van der Waals surface area contributed by atoms with Gasteiger partial charge >= 0.3 is 0 Å². The Morgan fingerprint density at radius 2 is 1.53 bits per heavy atom. The third-order valence-electron chi connectivity index (χ3n) is 5.88. The second-order valence-electron chi connectivity index (χ2n) is 8.93. The highest BCUT2D eigenvalue weighted by atomic mass is 32.1. The standard InChI is InChI=1S/C23H25N7O4S2/c1-12-6-16(33-11-12)9-18(31)24-22-28-26-20(35-22)14-4-3-5-15(8-14)21-27-29-23(36-21)25-19(32)10-17-7-13(2)30-34-17/h6-7,11,14-15H,3-5,8-10H2,1-2H3,(H,24,28,31)(H,25,29,32)/t14-,15-/m0/s1. The molecule has 1 aliphatic rings. The smallest absolute Gasteiger partial charge is 0.233 e. The predicted octanol–water partition coefficient (Wildman–Crippen LogP) is 4.39. The van der Waals surface area contributed by atoms with Crippen LogP contribution in [0.25, 0.3) is 0 Å². The molecule has 2 amide bonds. The van der Waals surface area contributed by atoms with E-state index in [1.807, 2.05) is 13.0 Å². The summed E-state index contributed by atoms with van der Waals surface area (Å²) in [6, 6.07) is 3.58. The van der Waals surface area contributed by atoms with E-state index in [9.17, 15) is 9.59 Å². The first-order valence-corrected chi connectivity index (χ1v) is 13.3. The summed E-state index contributed by atoms with van der Waals surface area (Å²) in [5, 5.41) is 29.2. The normalized spacial score (nSPS) is 17.7. The Hall–Kier alpha value is -3.45. The van der Waals surface area contributed by atoms with Gasteiger partial charge in [0, 0.05) is 17.9 Å². The molecule has 0 saturated heterocycles. The molecule has 4 heterocycles. The van der Waals surface area contributed by atoms with Crippen molar-refractivity contribution in [1.82, 2.24) is 25.6 Å². The molecule has 2 N–H and O–H groups in total. The summed E-state index contributed by atoms with van der Waals surface area (Å²) in [6.45, 7) is 3.72. The molecule has 0 aliphatic heterocycles. The molecule has 0 aromatic carbocycles. The van der Waals surface area contributed by atoms with Crippen LogP contribution < -0.4 is 10.6 Å². The molecular weight excluding hydrogens is 502 g/mol. The van der Waals surface area contributed by atoms with Gasteiger partial charge in [-0.25, -0.2) is 0 Å². The zero-order valence-electron chi connectivity index (χ0n) is 19.8. The largest absolute Gasteiger partial charge is 0.469 e. The summed E-state index contributed by atoms with van der Waals surface area (Å²) in [5.41, 5.74) is 1.71. The molecule has 0 radical (unpaired) electrons. The van der Waals surface area contributed by atoms with E-state index in [0.29, 0.717) is 21.8 Å². The predicted molar refractivity (Wildman–Crippen MR) is 133 cm³/mol. The minimum Gasteiger partial charge on any atom is -0.469 e. The average Bonchev–Trinajstić information content (AvgIpc) is 3.64. The van der Waals surface area contributed by atoms with Gasteiger partial charge < -0.3 is 19.6 Å². The summed E-state index contributed by atoms with van der Waals surface area (Å²) in [5.74, 6) is 1.18. The van der Waals surface area contributed by atoms with Crippen molar-refractivity contribution in [3.05, 3.63) is 51.2 Å². The summed E-state index contributed by atoms with van der Waals surface area (Å²) in [7, 11) is 0.